The zero-order chi connectivity index (χ0) is 17.6. The van der Waals surface area contributed by atoms with Crippen LogP contribution in [-0.2, 0) is 9.53 Å². The molecule has 0 unspecified atom stereocenters. The molecule has 1 saturated heterocycles. The van der Waals surface area contributed by atoms with Gasteiger partial charge in [0.2, 0.25) is 0 Å². The molecule has 24 heavy (non-hydrogen) atoms. The lowest BCUT2D eigenvalue weighted by Gasteiger charge is -2.58. The Labute approximate surface area is 147 Å². The third-order valence-electron chi connectivity index (χ3n) is 8.25. The summed E-state index contributed by atoms with van der Waals surface area (Å²) in [5.41, 5.74) is 6.48. The summed E-state index contributed by atoms with van der Waals surface area (Å²) >= 11 is 0. The highest BCUT2D eigenvalue weighted by Gasteiger charge is 2.73. The molecule has 2 bridgehead atoms. The molecule has 2 saturated carbocycles. The number of carbonyl (C=O) groups is 1. The van der Waals surface area contributed by atoms with Gasteiger partial charge < -0.3 is 10.5 Å². The van der Waals surface area contributed by atoms with Crippen LogP contribution in [0.3, 0.4) is 0 Å². The zero-order valence-corrected chi connectivity index (χ0v) is 16.1. The van der Waals surface area contributed by atoms with Crippen LogP contribution in [0.15, 0.2) is 0 Å². The summed E-state index contributed by atoms with van der Waals surface area (Å²) in [7, 11) is 0. The highest BCUT2D eigenvalue weighted by molar-refractivity contribution is 5.75. The Balaban J connectivity index is 2.07. The molecule has 1 aliphatic heterocycles. The quantitative estimate of drug-likeness (QED) is 0.783. The molecule has 3 aliphatic rings. The zero-order valence-electron chi connectivity index (χ0n) is 16.1. The van der Waals surface area contributed by atoms with E-state index in [-0.39, 0.29) is 28.3 Å². The van der Waals surface area contributed by atoms with E-state index in [2.05, 4.69) is 25.7 Å². The lowest BCUT2D eigenvalue weighted by molar-refractivity contribution is -0.164. The molecule has 0 aromatic rings. The van der Waals surface area contributed by atoms with E-state index in [9.17, 15) is 4.79 Å². The maximum absolute atomic E-state index is 12.9. The predicted molar refractivity (Wildman–Crippen MR) is 96.6 cm³/mol. The summed E-state index contributed by atoms with van der Waals surface area (Å²) < 4.78 is 5.50. The summed E-state index contributed by atoms with van der Waals surface area (Å²) in [6.07, 6.45) is 7.39. The van der Waals surface area contributed by atoms with E-state index >= 15 is 0 Å². The number of fused-ring (bicyclic) bond motifs is 2. The molecule has 2 N–H and O–H groups in total. The normalized spacial score (nSPS) is 39.8. The second-order valence-corrected chi connectivity index (χ2v) is 9.01. The van der Waals surface area contributed by atoms with Gasteiger partial charge in [0.05, 0.1) is 12.5 Å². The fourth-order valence-electron chi connectivity index (χ4n) is 6.58. The Morgan fingerprint density at radius 3 is 2.38 bits per heavy atom. The average Bonchev–Trinajstić information content (AvgIpc) is 2.89. The van der Waals surface area contributed by atoms with E-state index in [0.717, 1.165) is 19.5 Å². The van der Waals surface area contributed by atoms with Gasteiger partial charge in [0.25, 0.3) is 0 Å². The predicted octanol–water partition coefficient (Wildman–Crippen LogP) is 3.20. The molecule has 138 valence electrons. The highest BCUT2D eigenvalue weighted by Crippen LogP contribution is 2.73. The van der Waals surface area contributed by atoms with E-state index in [1.165, 1.54) is 32.1 Å². The fraction of sp³-hybridized carbons (Fsp3) is 0.950. The van der Waals surface area contributed by atoms with Gasteiger partial charge in [0, 0.05) is 12.1 Å². The van der Waals surface area contributed by atoms with Gasteiger partial charge in [-0.3, -0.25) is 9.69 Å². The van der Waals surface area contributed by atoms with Gasteiger partial charge in [-0.15, -0.1) is 0 Å². The minimum absolute atomic E-state index is 0.0739. The molecular weight excluding hydrogens is 300 g/mol. The van der Waals surface area contributed by atoms with Crippen molar-refractivity contribution in [2.75, 3.05) is 26.2 Å². The van der Waals surface area contributed by atoms with Gasteiger partial charge in [-0.05, 0) is 68.9 Å². The molecule has 0 amide bonds. The Kier molecular flexibility index (Phi) is 4.76. The Morgan fingerprint density at radius 2 is 1.92 bits per heavy atom. The third kappa shape index (κ3) is 2.21. The van der Waals surface area contributed by atoms with Crippen LogP contribution >= 0.6 is 0 Å². The van der Waals surface area contributed by atoms with Gasteiger partial charge in [0.1, 0.15) is 0 Å². The number of nitrogens with two attached hydrogens (primary N) is 1. The van der Waals surface area contributed by atoms with Crippen LogP contribution in [0.1, 0.15) is 66.2 Å². The molecule has 3 rings (SSSR count). The van der Waals surface area contributed by atoms with Crippen LogP contribution in [-0.4, -0.2) is 42.6 Å². The molecule has 4 heteroatoms. The monoisotopic (exact) mass is 336 g/mol. The smallest absolute Gasteiger partial charge is 0.312 e. The van der Waals surface area contributed by atoms with Crippen molar-refractivity contribution in [2.24, 2.45) is 28.4 Å². The second kappa shape index (κ2) is 6.28. The van der Waals surface area contributed by atoms with Gasteiger partial charge in [-0.1, -0.05) is 27.2 Å². The number of hydrogen-bond donors (Lipinski definition) is 1. The Bertz CT molecular complexity index is 486. The van der Waals surface area contributed by atoms with E-state index in [4.69, 9.17) is 10.5 Å². The number of esters is 1. The third-order valence-corrected chi connectivity index (χ3v) is 8.25. The number of hydrogen-bond acceptors (Lipinski definition) is 4. The van der Waals surface area contributed by atoms with E-state index in [1.807, 2.05) is 6.92 Å². The highest BCUT2D eigenvalue weighted by atomic mass is 16.5. The van der Waals surface area contributed by atoms with Crippen LogP contribution in [0.5, 0.6) is 0 Å². The first kappa shape index (κ1) is 18.2. The molecule has 0 aromatic carbocycles. The van der Waals surface area contributed by atoms with Crippen molar-refractivity contribution in [1.29, 1.82) is 0 Å². The molecule has 1 heterocycles. The van der Waals surface area contributed by atoms with Crippen molar-refractivity contribution >= 4 is 5.97 Å². The molecule has 4 nitrogen and oxygen atoms in total. The van der Waals surface area contributed by atoms with Gasteiger partial charge in [-0.25, -0.2) is 0 Å². The molecule has 3 fully saturated rings. The van der Waals surface area contributed by atoms with Gasteiger partial charge in [-0.2, -0.15) is 0 Å². The van der Waals surface area contributed by atoms with Gasteiger partial charge >= 0.3 is 5.97 Å². The van der Waals surface area contributed by atoms with E-state index in [0.29, 0.717) is 19.1 Å². The first-order valence-corrected chi connectivity index (χ1v) is 9.97. The number of carbonyl (C=O) groups excluding carboxylic acids is 1. The molecule has 4 atom stereocenters. The van der Waals surface area contributed by atoms with Crippen molar-refractivity contribution in [1.82, 2.24) is 4.90 Å². The average molecular weight is 337 g/mol. The molecule has 2 aliphatic carbocycles. The number of piperidine rings is 1. The van der Waals surface area contributed by atoms with Crippen molar-refractivity contribution in [2.45, 2.75) is 71.8 Å². The molecule has 0 spiro atoms. The molecule has 0 radical (unpaired) electrons. The lowest BCUT2D eigenvalue weighted by atomic mass is 9.57. The maximum Gasteiger partial charge on any atom is 0.312 e. The van der Waals surface area contributed by atoms with E-state index in [1.54, 1.807) is 0 Å². The molecular formula is C20H36N2O2. The Hall–Kier alpha value is -0.610. The topological polar surface area (TPSA) is 55.6 Å². The minimum Gasteiger partial charge on any atom is -0.466 e. The van der Waals surface area contributed by atoms with Crippen LogP contribution in [0.2, 0.25) is 0 Å². The summed E-state index contributed by atoms with van der Waals surface area (Å²) in [5.74, 6) is 0.410. The summed E-state index contributed by atoms with van der Waals surface area (Å²) in [6, 6.07) is 0. The number of rotatable bonds is 5. The van der Waals surface area contributed by atoms with Crippen molar-refractivity contribution in [3.05, 3.63) is 0 Å². The van der Waals surface area contributed by atoms with Crippen molar-refractivity contribution in [3.63, 3.8) is 0 Å². The number of nitrogens with zero attached hydrogens (tertiary/aromatic N) is 1. The minimum atomic E-state index is -0.204. The Morgan fingerprint density at radius 1 is 1.25 bits per heavy atom. The standard InChI is InChI=1S/C20H36N2O2/c1-5-24-17(23)16(14-21)20(22-11-7-6-8-12-22)13-15-9-10-19(20,4)18(15,2)3/h15-16H,5-14,21H2,1-4H3/t15-,16-,19+,20-/m0/s1. The van der Waals surface area contributed by atoms with Crippen LogP contribution in [0, 0.1) is 22.7 Å². The lowest BCUT2D eigenvalue weighted by Crippen LogP contribution is -2.67. The second-order valence-electron chi connectivity index (χ2n) is 9.01. The SMILES string of the molecule is CCOC(=O)[C@H](CN)[C@@]1(N2CCCCC2)C[C@@H]2CC[C@]1(C)C2(C)C. The van der Waals surface area contributed by atoms with Crippen LogP contribution in [0.25, 0.3) is 0 Å². The fourth-order valence-corrected chi connectivity index (χ4v) is 6.58. The van der Waals surface area contributed by atoms with Crippen LogP contribution < -0.4 is 5.73 Å². The van der Waals surface area contributed by atoms with Crippen molar-refractivity contribution < 1.29 is 9.53 Å². The summed E-state index contributed by atoms with van der Waals surface area (Å²) in [4.78, 5) is 15.6. The first-order chi connectivity index (χ1) is 11.3. The van der Waals surface area contributed by atoms with Gasteiger partial charge in [0.15, 0.2) is 0 Å². The van der Waals surface area contributed by atoms with Crippen LogP contribution in [0.4, 0.5) is 0 Å². The number of ether oxygens (including phenoxy) is 1. The first-order valence-electron chi connectivity index (χ1n) is 9.97. The maximum atomic E-state index is 12.9. The molecule has 0 aromatic heterocycles. The number of likely N-dealkylation sites (tertiary alicyclic amines) is 1. The van der Waals surface area contributed by atoms with Crippen molar-refractivity contribution in [3.8, 4) is 0 Å². The largest absolute Gasteiger partial charge is 0.466 e. The summed E-state index contributed by atoms with van der Waals surface area (Å²) in [6.45, 7) is 12.2. The van der Waals surface area contributed by atoms with E-state index < -0.39 is 0 Å². The summed E-state index contributed by atoms with van der Waals surface area (Å²) in [5, 5.41) is 0.